The van der Waals surface area contributed by atoms with E-state index in [9.17, 15) is 0 Å². The molecule has 0 amide bonds. The maximum absolute atomic E-state index is 6.00. The van der Waals surface area contributed by atoms with Gasteiger partial charge in [-0.25, -0.2) is 4.98 Å². The van der Waals surface area contributed by atoms with Gasteiger partial charge in [-0.3, -0.25) is 0 Å². The van der Waals surface area contributed by atoms with Crippen molar-refractivity contribution in [2.45, 2.75) is 67.0 Å². The molecule has 0 spiro atoms. The third kappa shape index (κ3) is 7.47. The minimum absolute atomic E-state index is 0.209. The molecule has 0 saturated heterocycles. The third-order valence-electron chi connectivity index (χ3n) is 3.28. The number of rotatable bonds is 9. The molecule has 1 aromatic rings. The maximum Gasteiger partial charge on any atom is 0.214 e. The van der Waals surface area contributed by atoms with Crippen LogP contribution in [0.1, 0.15) is 59.2 Å². The smallest absolute Gasteiger partial charge is 0.214 e. The van der Waals surface area contributed by atoms with Crippen LogP contribution in [-0.4, -0.2) is 17.6 Å². The first kappa shape index (κ1) is 18.0. The Morgan fingerprint density at radius 3 is 2.38 bits per heavy atom. The first-order chi connectivity index (χ1) is 9.90. The second-order valence-electron chi connectivity index (χ2n) is 6.74. The first-order valence-electron chi connectivity index (χ1n) is 8.27. The van der Waals surface area contributed by atoms with Crippen molar-refractivity contribution in [3.05, 3.63) is 23.4 Å². The van der Waals surface area contributed by atoms with Crippen LogP contribution >= 0.6 is 0 Å². The number of aromatic nitrogens is 1. The van der Waals surface area contributed by atoms with E-state index >= 15 is 0 Å². The molecule has 0 bridgehead atoms. The summed E-state index contributed by atoms with van der Waals surface area (Å²) < 4.78 is 6.00. The van der Waals surface area contributed by atoms with Crippen LogP contribution < -0.4 is 10.1 Å². The molecule has 1 N–H and O–H groups in total. The van der Waals surface area contributed by atoms with Crippen molar-refractivity contribution in [3.63, 3.8) is 0 Å². The van der Waals surface area contributed by atoms with Crippen molar-refractivity contribution in [1.82, 2.24) is 10.3 Å². The average Bonchev–Trinajstić information content (AvgIpc) is 2.36. The highest BCUT2D eigenvalue weighted by atomic mass is 16.5. The molecule has 0 aliphatic heterocycles. The molecule has 120 valence electrons. The van der Waals surface area contributed by atoms with E-state index in [1.54, 1.807) is 0 Å². The van der Waals surface area contributed by atoms with Crippen molar-refractivity contribution in [1.29, 1.82) is 0 Å². The summed E-state index contributed by atoms with van der Waals surface area (Å²) >= 11 is 0. The number of pyridine rings is 1. The zero-order chi connectivity index (χ0) is 15.8. The molecule has 1 heterocycles. The number of ether oxygens (including phenoxy) is 1. The van der Waals surface area contributed by atoms with Gasteiger partial charge in [0.05, 0.1) is 6.10 Å². The van der Waals surface area contributed by atoms with Gasteiger partial charge in [-0.1, -0.05) is 34.6 Å². The van der Waals surface area contributed by atoms with Crippen LogP contribution in [0.2, 0.25) is 0 Å². The molecule has 3 heteroatoms. The summed E-state index contributed by atoms with van der Waals surface area (Å²) in [6.07, 6.45) is 2.20. The summed E-state index contributed by atoms with van der Waals surface area (Å²) in [6, 6.07) is 4.25. The van der Waals surface area contributed by atoms with Gasteiger partial charge in [0.1, 0.15) is 0 Å². The van der Waals surface area contributed by atoms with Gasteiger partial charge in [0.25, 0.3) is 0 Å². The van der Waals surface area contributed by atoms with Crippen LogP contribution in [0, 0.1) is 11.8 Å². The minimum Gasteiger partial charge on any atom is -0.475 e. The van der Waals surface area contributed by atoms with Crippen LogP contribution in [-0.2, 0) is 13.0 Å². The van der Waals surface area contributed by atoms with E-state index in [0.29, 0.717) is 11.8 Å². The van der Waals surface area contributed by atoms with Crippen molar-refractivity contribution < 1.29 is 4.74 Å². The lowest BCUT2D eigenvalue weighted by molar-refractivity contribution is 0.185. The van der Waals surface area contributed by atoms with Gasteiger partial charge in [0.2, 0.25) is 5.88 Å². The Morgan fingerprint density at radius 1 is 1.10 bits per heavy atom. The first-order valence-corrected chi connectivity index (χ1v) is 8.27. The SMILES string of the molecule is CCc1cc(CNCC(C)C)cc(OC(C)CC(C)C)n1. The monoisotopic (exact) mass is 292 g/mol. The Balaban J connectivity index is 2.70. The van der Waals surface area contributed by atoms with Gasteiger partial charge in [-0.2, -0.15) is 0 Å². The summed E-state index contributed by atoms with van der Waals surface area (Å²) in [6.45, 7) is 15.0. The van der Waals surface area contributed by atoms with Crippen LogP contribution in [0.3, 0.4) is 0 Å². The van der Waals surface area contributed by atoms with Crippen molar-refractivity contribution in [3.8, 4) is 5.88 Å². The highest BCUT2D eigenvalue weighted by Gasteiger charge is 2.09. The number of hydrogen-bond acceptors (Lipinski definition) is 3. The largest absolute Gasteiger partial charge is 0.475 e. The standard InChI is InChI=1S/C18H32N2O/c1-7-17-9-16(12-19-11-14(4)5)10-18(20-17)21-15(6)8-13(2)3/h9-10,13-15,19H,7-8,11-12H2,1-6H3. The van der Waals surface area contributed by atoms with E-state index in [-0.39, 0.29) is 6.10 Å². The molecular formula is C18H32N2O. The Bertz CT molecular complexity index is 416. The number of nitrogens with zero attached hydrogens (tertiary/aromatic N) is 1. The van der Waals surface area contributed by atoms with E-state index in [0.717, 1.165) is 37.5 Å². The summed E-state index contributed by atoms with van der Waals surface area (Å²) in [5, 5.41) is 3.48. The molecular weight excluding hydrogens is 260 g/mol. The molecule has 0 radical (unpaired) electrons. The molecule has 21 heavy (non-hydrogen) atoms. The third-order valence-corrected chi connectivity index (χ3v) is 3.28. The summed E-state index contributed by atoms with van der Waals surface area (Å²) in [5.41, 5.74) is 2.36. The van der Waals surface area contributed by atoms with E-state index < -0.39 is 0 Å². The van der Waals surface area contributed by atoms with Gasteiger partial charge < -0.3 is 10.1 Å². The maximum atomic E-state index is 6.00. The number of nitrogens with one attached hydrogen (secondary N) is 1. The predicted molar refractivity (Wildman–Crippen MR) is 89.7 cm³/mol. The molecule has 0 aromatic carbocycles. The Labute approximate surface area is 130 Å². The van der Waals surface area contributed by atoms with Crippen molar-refractivity contribution in [2.75, 3.05) is 6.54 Å². The Hall–Kier alpha value is -1.09. The van der Waals surface area contributed by atoms with Gasteiger partial charge in [0.15, 0.2) is 0 Å². The predicted octanol–water partition coefficient (Wildman–Crippen LogP) is 4.20. The van der Waals surface area contributed by atoms with E-state index in [4.69, 9.17) is 4.74 Å². The highest BCUT2D eigenvalue weighted by Crippen LogP contribution is 2.17. The van der Waals surface area contributed by atoms with E-state index in [1.807, 2.05) is 0 Å². The molecule has 1 aromatic heterocycles. The van der Waals surface area contributed by atoms with Crippen LogP contribution in [0.15, 0.2) is 12.1 Å². The van der Waals surface area contributed by atoms with Gasteiger partial charge in [0, 0.05) is 18.3 Å². The quantitative estimate of drug-likeness (QED) is 0.740. The van der Waals surface area contributed by atoms with Crippen LogP contribution in [0.25, 0.3) is 0 Å². The van der Waals surface area contributed by atoms with Crippen LogP contribution in [0.5, 0.6) is 5.88 Å². The summed E-state index contributed by atoms with van der Waals surface area (Å²) in [7, 11) is 0. The number of hydrogen-bond donors (Lipinski definition) is 1. The lowest BCUT2D eigenvalue weighted by Crippen LogP contribution is -2.20. The van der Waals surface area contributed by atoms with E-state index in [2.05, 4.69) is 64.0 Å². The van der Waals surface area contributed by atoms with Crippen LogP contribution in [0.4, 0.5) is 0 Å². The molecule has 3 nitrogen and oxygen atoms in total. The Kier molecular flexibility index (Phi) is 7.73. The normalized spacial score (nSPS) is 13.0. The Morgan fingerprint density at radius 2 is 1.81 bits per heavy atom. The topological polar surface area (TPSA) is 34.1 Å². The minimum atomic E-state index is 0.209. The highest BCUT2D eigenvalue weighted by molar-refractivity contribution is 5.25. The molecule has 0 saturated carbocycles. The zero-order valence-corrected chi connectivity index (χ0v) is 14.6. The molecule has 0 aliphatic carbocycles. The molecule has 1 atom stereocenters. The van der Waals surface area contributed by atoms with Crippen molar-refractivity contribution >= 4 is 0 Å². The lowest BCUT2D eigenvalue weighted by Gasteiger charge is -2.17. The fourth-order valence-corrected chi connectivity index (χ4v) is 2.39. The molecule has 1 rings (SSSR count). The van der Waals surface area contributed by atoms with Gasteiger partial charge in [-0.05, 0) is 49.8 Å². The second kappa shape index (κ2) is 9.04. The molecule has 0 fully saturated rings. The second-order valence-corrected chi connectivity index (χ2v) is 6.74. The zero-order valence-electron chi connectivity index (χ0n) is 14.6. The summed E-state index contributed by atoms with van der Waals surface area (Å²) in [5.74, 6) is 2.07. The average molecular weight is 292 g/mol. The molecule has 0 aliphatic rings. The fourth-order valence-electron chi connectivity index (χ4n) is 2.39. The van der Waals surface area contributed by atoms with E-state index in [1.165, 1.54) is 5.56 Å². The fraction of sp³-hybridized carbons (Fsp3) is 0.722. The molecule has 1 unspecified atom stereocenters. The number of aryl methyl sites for hydroxylation is 1. The van der Waals surface area contributed by atoms with Gasteiger partial charge >= 0.3 is 0 Å². The lowest BCUT2D eigenvalue weighted by atomic mass is 10.1. The summed E-state index contributed by atoms with van der Waals surface area (Å²) in [4.78, 5) is 4.59. The van der Waals surface area contributed by atoms with Gasteiger partial charge in [-0.15, -0.1) is 0 Å². The van der Waals surface area contributed by atoms with Crippen molar-refractivity contribution in [2.24, 2.45) is 11.8 Å².